The van der Waals surface area contributed by atoms with Crippen molar-refractivity contribution >= 4 is 27.6 Å². The van der Waals surface area contributed by atoms with Crippen LogP contribution in [0.2, 0.25) is 0 Å². The molecule has 0 bridgehead atoms. The molecule has 1 aliphatic rings. The Bertz CT molecular complexity index is 1330. The first-order valence-electron chi connectivity index (χ1n) is 9.44. The van der Waals surface area contributed by atoms with Crippen molar-refractivity contribution in [2.75, 3.05) is 19.1 Å². The van der Waals surface area contributed by atoms with Gasteiger partial charge in [0.05, 0.1) is 43.0 Å². The van der Waals surface area contributed by atoms with Gasteiger partial charge in [-0.25, -0.2) is 23.1 Å². The fourth-order valence-corrected chi connectivity index (χ4v) is 4.37. The summed E-state index contributed by atoms with van der Waals surface area (Å²) in [6, 6.07) is 15.9. The molecule has 4 N–H and O–H groups in total. The minimum Gasteiger partial charge on any atom is -0.466 e. The van der Waals surface area contributed by atoms with E-state index in [-0.39, 0.29) is 27.6 Å². The van der Waals surface area contributed by atoms with E-state index in [1.807, 2.05) is 6.07 Å². The number of nitrogens with two attached hydrogens (primary N) is 2. The topological polar surface area (TPSA) is 166 Å². The number of carbonyl (C=O) groups is 2. The Hall–Kier alpha value is -4.14. The van der Waals surface area contributed by atoms with Crippen LogP contribution in [-0.4, -0.2) is 34.6 Å². The summed E-state index contributed by atoms with van der Waals surface area (Å²) in [5.74, 6) is -3.27. The summed E-state index contributed by atoms with van der Waals surface area (Å²) in [4.78, 5) is 26.6. The van der Waals surface area contributed by atoms with Crippen LogP contribution in [0.15, 0.2) is 82.2 Å². The number of esters is 2. The molecule has 0 amide bonds. The fraction of sp³-hybridized carbons (Fsp3) is 0.136. The Morgan fingerprint density at radius 3 is 2.12 bits per heavy atom. The summed E-state index contributed by atoms with van der Waals surface area (Å²) in [5, 5.41) is 15.4. The Labute approximate surface area is 190 Å². The number of nitriles is 1. The lowest BCUT2D eigenvalue weighted by atomic mass is 9.81. The van der Waals surface area contributed by atoms with Gasteiger partial charge in [0.25, 0.3) is 0 Å². The van der Waals surface area contributed by atoms with Crippen molar-refractivity contribution in [3.8, 4) is 6.07 Å². The van der Waals surface area contributed by atoms with E-state index in [1.165, 1.54) is 24.3 Å². The molecule has 3 rings (SSSR count). The van der Waals surface area contributed by atoms with Crippen LogP contribution < -0.4 is 15.8 Å². The summed E-state index contributed by atoms with van der Waals surface area (Å²) in [6.07, 6.45) is 0. The SMILES string of the molecule is COC(=O)C1=C(C(=O)OC)N(c2ccccc2S(N)(=O)=O)C(N)=C(C#N)C1c1ccccc1. The normalized spacial score (nSPS) is 16.3. The number of hydrogen-bond acceptors (Lipinski definition) is 9. The zero-order valence-corrected chi connectivity index (χ0v) is 18.5. The van der Waals surface area contributed by atoms with Crippen molar-refractivity contribution in [3.63, 3.8) is 0 Å². The molecule has 0 aliphatic carbocycles. The highest BCUT2D eigenvalue weighted by atomic mass is 32.2. The van der Waals surface area contributed by atoms with Crippen LogP contribution in [0.4, 0.5) is 5.69 Å². The van der Waals surface area contributed by atoms with Gasteiger partial charge in [-0.2, -0.15) is 5.26 Å². The zero-order valence-electron chi connectivity index (χ0n) is 17.7. The summed E-state index contributed by atoms with van der Waals surface area (Å²) in [5.41, 5.74) is 5.95. The van der Waals surface area contributed by atoms with Gasteiger partial charge in [0.2, 0.25) is 10.0 Å². The van der Waals surface area contributed by atoms with Gasteiger partial charge >= 0.3 is 11.9 Å². The van der Waals surface area contributed by atoms with E-state index < -0.39 is 33.6 Å². The lowest BCUT2D eigenvalue weighted by molar-refractivity contribution is -0.139. The molecule has 33 heavy (non-hydrogen) atoms. The maximum Gasteiger partial charge on any atom is 0.355 e. The average molecular weight is 468 g/mol. The highest BCUT2D eigenvalue weighted by Crippen LogP contribution is 2.44. The predicted molar refractivity (Wildman–Crippen MR) is 117 cm³/mol. The Balaban J connectivity index is 2.50. The van der Waals surface area contributed by atoms with Gasteiger partial charge < -0.3 is 15.2 Å². The molecular weight excluding hydrogens is 448 g/mol. The van der Waals surface area contributed by atoms with Crippen LogP contribution in [-0.2, 0) is 29.1 Å². The monoisotopic (exact) mass is 468 g/mol. The maximum atomic E-state index is 13.0. The minimum atomic E-state index is -4.29. The number of para-hydroxylation sites is 1. The molecule has 170 valence electrons. The molecule has 1 atom stereocenters. The van der Waals surface area contributed by atoms with Crippen molar-refractivity contribution in [1.82, 2.24) is 0 Å². The molecule has 0 aromatic heterocycles. The second kappa shape index (κ2) is 9.15. The predicted octanol–water partition coefficient (Wildman–Crippen LogP) is 1.23. The number of hydrogen-bond donors (Lipinski definition) is 2. The van der Waals surface area contributed by atoms with Crippen LogP contribution >= 0.6 is 0 Å². The van der Waals surface area contributed by atoms with Crippen molar-refractivity contribution in [1.29, 1.82) is 5.26 Å². The third-order valence-corrected chi connectivity index (χ3v) is 5.98. The number of nitrogens with zero attached hydrogens (tertiary/aromatic N) is 2. The van der Waals surface area contributed by atoms with E-state index in [9.17, 15) is 23.3 Å². The van der Waals surface area contributed by atoms with Crippen LogP contribution in [0, 0.1) is 11.3 Å². The van der Waals surface area contributed by atoms with Crippen LogP contribution in [0.25, 0.3) is 0 Å². The van der Waals surface area contributed by atoms with Crippen LogP contribution in [0.1, 0.15) is 11.5 Å². The van der Waals surface area contributed by atoms with Gasteiger partial charge in [0, 0.05) is 0 Å². The number of ether oxygens (including phenoxy) is 2. The van der Waals surface area contributed by atoms with Crippen molar-refractivity contribution in [2.24, 2.45) is 10.9 Å². The van der Waals surface area contributed by atoms with Gasteiger partial charge in [-0.15, -0.1) is 0 Å². The number of rotatable bonds is 5. The molecule has 1 aliphatic heterocycles. The molecule has 2 aromatic rings. The van der Waals surface area contributed by atoms with E-state index in [0.717, 1.165) is 19.1 Å². The Morgan fingerprint density at radius 1 is 1.00 bits per heavy atom. The average Bonchev–Trinajstić information content (AvgIpc) is 2.82. The van der Waals surface area contributed by atoms with E-state index in [2.05, 4.69) is 0 Å². The number of anilines is 1. The van der Waals surface area contributed by atoms with E-state index in [0.29, 0.717) is 5.56 Å². The van der Waals surface area contributed by atoms with Crippen molar-refractivity contribution in [3.05, 3.63) is 82.8 Å². The smallest absolute Gasteiger partial charge is 0.355 e. The third kappa shape index (κ3) is 4.17. The summed E-state index contributed by atoms with van der Waals surface area (Å²) in [6.45, 7) is 0. The van der Waals surface area contributed by atoms with Crippen LogP contribution in [0.3, 0.4) is 0 Å². The molecular formula is C22H20N4O6S. The zero-order chi connectivity index (χ0) is 24.3. The molecule has 1 heterocycles. The van der Waals surface area contributed by atoms with E-state index in [1.54, 1.807) is 30.3 Å². The molecule has 11 heteroatoms. The molecule has 10 nitrogen and oxygen atoms in total. The fourth-order valence-electron chi connectivity index (χ4n) is 3.65. The molecule has 0 spiro atoms. The molecule has 0 saturated carbocycles. The first kappa shape index (κ1) is 23.5. The number of sulfonamides is 1. The molecule has 2 aromatic carbocycles. The third-order valence-electron chi connectivity index (χ3n) is 5.02. The Morgan fingerprint density at radius 2 is 1.58 bits per heavy atom. The summed E-state index contributed by atoms with van der Waals surface area (Å²) < 4.78 is 34.4. The van der Waals surface area contributed by atoms with Crippen LogP contribution in [0.5, 0.6) is 0 Å². The number of carbonyl (C=O) groups excluding carboxylic acids is 2. The number of primary sulfonamides is 1. The van der Waals surface area contributed by atoms with Gasteiger partial charge in [0.15, 0.2) is 0 Å². The van der Waals surface area contributed by atoms with Crippen molar-refractivity contribution in [2.45, 2.75) is 10.8 Å². The summed E-state index contributed by atoms with van der Waals surface area (Å²) in [7, 11) is -2.09. The van der Waals surface area contributed by atoms with Gasteiger partial charge in [-0.1, -0.05) is 42.5 Å². The highest BCUT2D eigenvalue weighted by molar-refractivity contribution is 7.89. The van der Waals surface area contributed by atoms with E-state index >= 15 is 0 Å². The number of methoxy groups -OCH3 is 2. The van der Waals surface area contributed by atoms with Crippen molar-refractivity contribution < 1.29 is 27.5 Å². The minimum absolute atomic E-state index is 0.0986. The lowest BCUT2D eigenvalue weighted by Crippen LogP contribution is -2.41. The van der Waals surface area contributed by atoms with Gasteiger partial charge in [-0.05, 0) is 17.7 Å². The second-order valence-corrected chi connectivity index (χ2v) is 8.38. The molecule has 1 unspecified atom stereocenters. The molecule has 0 radical (unpaired) electrons. The Kier molecular flexibility index (Phi) is 6.52. The quantitative estimate of drug-likeness (QED) is 0.614. The largest absolute Gasteiger partial charge is 0.466 e. The van der Waals surface area contributed by atoms with Gasteiger partial charge in [0.1, 0.15) is 16.4 Å². The molecule has 0 saturated heterocycles. The number of benzene rings is 2. The number of allylic oxidation sites excluding steroid dienone is 1. The van der Waals surface area contributed by atoms with E-state index in [4.69, 9.17) is 20.3 Å². The first-order valence-corrected chi connectivity index (χ1v) is 11.0. The first-order chi connectivity index (χ1) is 15.7. The summed E-state index contributed by atoms with van der Waals surface area (Å²) >= 11 is 0. The lowest BCUT2D eigenvalue weighted by Gasteiger charge is -2.36. The maximum absolute atomic E-state index is 13.0. The van der Waals surface area contributed by atoms with Gasteiger partial charge in [-0.3, -0.25) is 4.90 Å². The highest BCUT2D eigenvalue weighted by Gasteiger charge is 2.43. The standard InChI is InChI=1S/C22H20N4O6S/c1-31-21(27)18-17(13-8-4-3-5-9-13)14(12-23)20(24)26(19(18)22(28)32-2)15-10-6-7-11-16(15)33(25,29)30/h3-11,17H,24H2,1-2H3,(H2,25,29,30). The molecule has 0 fully saturated rings. The second-order valence-electron chi connectivity index (χ2n) is 6.85.